The summed E-state index contributed by atoms with van der Waals surface area (Å²) in [5, 5.41) is 0. The Hall–Kier alpha value is -0.820. The molecular formula is C14H14Br. The molecule has 0 aromatic heterocycles. The van der Waals surface area contributed by atoms with Crippen LogP contribution in [-0.4, -0.2) is 4.32 Å². The van der Waals surface area contributed by atoms with Gasteiger partial charge in [0.1, 0.15) is 0 Å². The molecule has 0 spiro atoms. The Bertz CT molecular complexity index is 390. The molecular weight excluding hydrogens is 248 g/mol. The average molecular weight is 262 g/mol. The van der Waals surface area contributed by atoms with Crippen molar-refractivity contribution in [2.24, 2.45) is 0 Å². The number of halogens is 1. The number of hydrogen-bond acceptors (Lipinski definition) is 0. The maximum Gasteiger partial charge on any atom is 0.0657 e. The van der Waals surface area contributed by atoms with E-state index in [1.807, 2.05) is 0 Å². The molecule has 0 bridgehead atoms. The van der Waals surface area contributed by atoms with Crippen molar-refractivity contribution >= 4 is 15.9 Å². The van der Waals surface area contributed by atoms with Gasteiger partial charge in [-0.25, -0.2) is 0 Å². The zero-order valence-electron chi connectivity index (χ0n) is 8.78. The first kappa shape index (κ1) is 10.7. The highest BCUT2D eigenvalue weighted by Crippen LogP contribution is 2.30. The van der Waals surface area contributed by atoms with Crippen molar-refractivity contribution in [1.82, 2.24) is 0 Å². The lowest BCUT2D eigenvalue weighted by atomic mass is 9.93. The minimum Gasteiger partial charge on any atom is -0.0790 e. The molecule has 1 aromatic rings. The van der Waals surface area contributed by atoms with Gasteiger partial charge in [0.15, 0.2) is 0 Å². The van der Waals surface area contributed by atoms with Crippen LogP contribution < -0.4 is 0 Å². The van der Waals surface area contributed by atoms with E-state index >= 15 is 0 Å². The molecule has 0 saturated carbocycles. The van der Waals surface area contributed by atoms with E-state index in [1.54, 1.807) is 0 Å². The van der Waals surface area contributed by atoms with Crippen molar-refractivity contribution < 1.29 is 0 Å². The predicted octanol–water partition coefficient (Wildman–Crippen LogP) is 4.00. The van der Waals surface area contributed by atoms with Crippen molar-refractivity contribution in [3.05, 3.63) is 66.1 Å². The predicted molar refractivity (Wildman–Crippen MR) is 69.1 cm³/mol. The molecule has 0 heterocycles. The molecule has 77 valence electrons. The molecule has 1 aliphatic carbocycles. The van der Waals surface area contributed by atoms with Crippen LogP contribution in [0.1, 0.15) is 11.1 Å². The highest BCUT2D eigenvalue weighted by molar-refractivity contribution is 9.10. The molecule has 0 atom stereocenters. The molecule has 0 unspecified atom stereocenters. The lowest BCUT2D eigenvalue weighted by Crippen LogP contribution is -2.19. The van der Waals surface area contributed by atoms with E-state index in [9.17, 15) is 0 Å². The van der Waals surface area contributed by atoms with Crippen LogP contribution in [0.5, 0.6) is 0 Å². The van der Waals surface area contributed by atoms with Crippen molar-refractivity contribution in [1.29, 1.82) is 0 Å². The summed E-state index contributed by atoms with van der Waals surface area (Å²) < 4.78 is -0.00609. The molecule has 0 saturated heterocycles. The van der Waals surface area contributed by atoms with E-state index in [-0.39, 0.29) is 4.32 Å². The van der Waals surface area contributed by atoms with Gasteiger partial charge in [-0.2, -0.15) is 0 Å². The van der Waals surface area contributed by atoms with Gasteiger partial charge in [0.05, 0.1) is 4.32 Å². The topological polar surface area (TPSA) is 0 Å². The second-order valence-electron chi connectivity index (χ2n) is 3.94. The summed E-state index contributed by atoms with van der Waals surface area (Å²) in [4.78, 5) is 0. The van der Waals surface area contributed by atoms with Gasteiger partial charge in [0, 0.05) is 6.42 Å². The minimum absolute atomic E-state index is 0.00609. The van der Waals surface area contributed by atoms with E-state index in [0.717, 1.165) is 6.42 Å². The van der Waals surface area contributed by atoms with Crippen LogP contribution >= 0.6 is 15.9 Å². The van der Waals surface area contributed by atoms with Gasteiger partial charge in [-0.15, -0.1) is 0 Å². The Morgan fingerprint density at radius 3 is 2.47 bits per heavy atom. The normalized spacial score (nSPS) is 18.0. The van der Waals surface area contributed by atoms with Crippen molar-refractivity contribution in [2.45, 2.75) is 17.7 Å². The largest absolute Gasteiger partial charge is 0.0790 e. The van der Waals surface area contributed by atoms with Crippen LogP contribution in [0.4, 0.5) is 0 Å². The summed E-state index contributed by atoms with van der Waals surface area (Å²) in [6, 6.07) is 8.54. The monoisotopic (exact) mass is 261 g/mol. The standard InChI is InChI=1S/C14H14Br/c1-12-7-3-4-8-13(12)11-14(15)9-5-2-6-10-14/h2-10H,11H2,1H3. The van der Waals surface area contributed by atoms with Crippen molar-refractivity contribution in [3.63, 3.8) is 0 Å². The number of allylic oxidation sites excluding steroid dienone is 4. The Balaban J connectivity index is 2.21. The third-order valence-electron chi connectivity index (χ3n) is 2.69. The summed E-state index contributed by atoms with van der Waals surface area (Å²) in [5.74, 6) is 0. The third kappa shape index (κ3) is 2.60. The number of alkyl halides is 1. The lowest BCUT2D eigenvalue weighted by molar-refractivity contribution is 0.864. The van der Waals surface area contributed by atoms with Crippen molar-refractivity contribution in [3.8, 4) is 0 Å². The quantitative estimate of drug-likeness (QED) is 0.706. The zero-order valence-corrected chi connectivity index (χ0v) is 10.4. The summed E-state index contributed by atoms with van der Waals surface area (Å²) in [7, 11) is 0. The highest BCUT2D eigenvalue weighted by Gasteiger charge is 2.22. The second kappa shape index (κ2) is 4.36. The molecule has 1 radical (unpaired) electrons. The van der Waals surface area contributed by atoms with Gasteiger partial charge in [-0.3, -0.25) is 0 Å². The van der Waals surface area contributed by atoms with Crippen LogP contribution in [0.25, 0.3) is 0 Å². The first-order chi connectivity index (χ1) is 7.20. The fourth-order valence-corrected chi connectivity index (χ4v) is 2.38. The molecule has 0 aliphatic heterocycles. The summed E-state index contributed by atoms with van der Waals surface area (Å²) >= 11 is 3.77. The fourth-order valence-electron chi connectivity index (χ4n) is 1.77. The molecule has 1 aliphatic rings. The SMILES string of the molecule is Cc1ccccc1CC1(Br)C=C[CH]C=C1. The summed E-state index contributed by atoms with van der Waals surface area (Å²) in [6.07, 6.45) is 11.6. The number of aryl methyl sites for hydroxylation is 1. The van der Waals surface area contributed by atoms with Gasteiger partial charge >= 0.3 is 0 Å². The Morgan fingerprint density at radius 1 is 1.13 bits per heavy atom. The Labute approximate surface area is 99.8 Å². The lowest BCUT2D eigenvalue weighted by Gasteiger charge is -2.23. The number of rotatable bonds is 2. The highest BCUT2D eigenvalue weighted by atomic mass is 79.9. The smallest absolute Gasteiger partial charge is 0.0657 e. The molecule has 1 heteroatoms. The number of benzene rings is 1. The third-order valence-corrected chi connectivity index (χ3v) is 3.50. The van der Waals surface area contributed by atoms with Gasteiger partial charge in [-0.05, 0) is 24.5 Å². The van der Waals surface area contributed by atoms with E-state index < -0.39 is 0 Å². The van der Waals surface area contributed by atoms with Crippen LogP contribution in [0, 0.1) is 13.3 Å². The minimum atomic E-state index is -0.00609. The summed E-state index contributed by atoms with van der Waals surface area (Å²) in [6.45, 7) is 2.16. The zero-order chi connectivity index (χ0) is 10.7. The first-order valence-electron chi connectivity index (χ1n) is 5.13. The van der Waals surface area contributed by atoms with Crippen LogP contribution in [0.2, 0.25) is 0 Å². The van der Waals surface area contributed by atoms with E-state index in [0.29, 0.717) is 0 Å². The second-order valence-corrected chi connectivity index (χ2v) is 5.42. The molecule has 2 rings (SSSR count). The van der Waals surface area contributed by atoms with Crippen molar-refractivity contribution in [2.75, 3.05) is 0 Å². The molecule has 0 fully saturated rings. The van der Waals surface area contributed by atoms with Crippen LogP contribution in [-0.2, 0) is 6.42 Å². The first-order valence-corrected chi connectivity index (χ1v) is 5.93. The molecule has 0 nitrogen and oxygen atoms in total. The van der Waals surface area contributed by atoms with Gasteiger partial charge in [-0.1, -0.05) is 64.5 Å². The molecule has 15 heavy (non-hydrogen) atoms. The van der Waals surface area contributed by atoms with Crippen LogP contribution in [0.15, 0.2) is 48.6 Å². The molecule has 1 aromatic carbocycles. The van der Waals surface area contributed by atoms with E-state index in [1.165, 1.54) is 11.1 Å². The molecule has 0 N–H and O–H groups in total. The van der Waals surface area contributed by atoms with E-state index in [4.69, 9.17) is 0 Å². The maximum atomic E-state index is 3.77. The van der Waals surface area contributed by atoms with Gasteiger partial charge < -0.3 is 0 Å². The Morgan fingerprint density at radius 2 is 1.80 bits per heavy atom. The Kier molecular flexibility index (Phi) is 3.11. The van der Waals surface area contributed by atoms with Crippen LogP contribution in [0.3, 0.4) is 0 Å². The maximum absolute atomic E-state index is 3.77. The summed E-state index contributed by atoms with van der Waals surface area (Å²) in [5.41, 5.74) is 2.75. The van der Waals surface area contributed by atoms with Gasteiger partial charge in [0.25, 0.3) is 0 Å². The fraction of sp³-hybridized carbons (Fsp3) is 0.214. The molecule has 0 amide bonds. The average Bonchev–Trinajstić information content (AvgIpc) is 2.22. The number of hydrogen-bond donors (Lipinski definition) is 0. The van der Waals surface area contributed by atoms with E-state index in [2.05, 4.69) is 77.8 Å². The van der Waals surface area contributed by atoms with Gasteiger partial charge in [0.2, 0.25) is 0 Å².